The zero-order valence-electron chi connectivity index (χ0n) is 9.32. The van der Waals surface area contributed by atoms with Crippen LogP contribution in [0.4, 0.5) is 5.69 Å². The molecule has 2 rings (SSSR count). The summed E-state index contributed by atoms with van der Waals surface area (Å²) in [6.07, 6.45) is 0.734. The minimum Gasteiger partial charge on any atom is -0.426 e. The molecule has 0 saturated carbocycles. The zero-order chi connectivity index (χ0) is 11.7. The second kappa shape index (κ2) is 3.96. The number of benzene rings is 1. The lowest BCUT2D eigenvalue weighted by Gasteiger charge is -2.14. The molecule has 1 aromatic carbocycles. The first-order valence-corrected chi connectivity index (χ1v) is 5.18. The van der Waals surface area contributed by atoms with Crippen molar-refractivity contribution in [3.63, 3.8) is 0 Å². The third-order valence-corrected chi connectivity index (χ3v) is 2.62. The van der Waals surface area contributed by atoms with E-state index in [0.29, 0.717) is 12.3 Å². The van der Waals surface area contributed by atoms with Crippen molar-refractivity contribution in [2.24, 2.45) is 0 Å². The van der Waals surface area contributed by atoms with E-state index in [-0.39, 0.29) is 11.9 Å². The van der Waals surface area contributed by atoms with Crippen LogP contribution in [0.25, 0.3) is 0 Å². The van der Waals surface area contributed by atoms with Gasteiger partial charge >= 0.3 is 5.97 Å². The standard InChI is InChI=1S/C12H13NO3/c1-8(14)13-7-6-10-11(13)4-3-5-12(10)16-9(2)15/h3-5H,6-7H2,1-2H3. The maximum Gasteiger partial charge on any atom is 0.308 e. The molecule has 1 aromatic rings. The van der Waals surface area contributed by atoms with Gasteiger partial charge in [0.1, 0.15) is 5.75 Å². The molecule has 1 amide bonds. The van der Waals surface area contributed by atoms with E-state index in [1.165, 1.54) is 13.8 Å². The van der Waals surface area contributed by atoms with Crippen LogP contribution in [0.3, 0.4) is 0 Å². The van der Waals surface area contributed by atoms with Crippen molar-refractivity contribution in [3.05, 3.63) is 23.8 Å². The predicted octanol–water partition coefficient (Wildman–Crippen LogP) is 1.52. The summed E-state index contributed by atoms with van der Waals surface area (Å²) < 4.78 is 5.11. The fourth-order valence-corrected chi connectivity index (χ4v) is 1.98. The Hall–Kier alpha value is -1.84. The summed E-state index contributed by atoms with van der Waals surface area (Å²) in [5.41, 5.74) is 1.79. The first-order chi connectivity index (χ1) is 7.59. The van der Waals surface area contributed by atoms with E-state index < -0.39 is 0 Å². The molecule has 0 saturated heterocycles. The Bertz CT molecular complexity index is 454. The molecule has 0 unspecified atom stereocenters. The minimum atomic E-state index is -0.338. The van der Waals surface area contributed by atoms with Gasteiger partial charge in [0.15, 0.2) is 0 Å². The SMILES string of the molecule is CC(=O)Oc1cccc2c1CCN2C(C)=O. The molecule has 0 aliphatic carbocycles. The van der Waals surface area contributed by atoms with E-state index >= 15 is 0 Å². The Kier molecular flexibility index (Phi) is 2.64. The summed E-state index contributed by atoms with van der Waals surface area (Å²) in [5.74, 6) is 0.238. The number of hydrogen-bond acceptors (Lipinski definition) is 3. The molecule has 1 heterocycles. The van der Waals surface area contributed by atoms with E-state index in [2.05, 4.69) is 0 Å². The van der Waals surface area contributed by atoms with Gasteiger partial charge in [-0.05, 0) is 18.6 Å². The quantitative estimate of drug-likeness (QED) is 0.531. The van der Waals surface area contributed by atoms with Crippen molar-refractivity contribution < 1.29 is 14.3 Å². The van der Waals surface area contributed by atoms with Gasteiger partial charge in [0.2, 0.25) is 5.91 Å². The number of nitrogens with zero attached hydrogens (tertiary/aromatic N) is 1. The highest BCUT2D eigenvalue weighted by Gasteiger charge is 2.25. The van der Waals surface area contributed by atoms with Gasteiger partial charge in [-0.3, -0.25) is 9.59 Å². The lowest BCUT2D eigenvalue weighted by Crippen LogP contribution is -2.25. The first kappa shape index (κ1) is 10.7. The highest BCUT2D eigenvalue weighted by Crippen LogP contribution is 2.35. The summed E-state index contributed by atoms with van der Waals surface area (Å²) >= 11 is 0. The number of anilines is 1. The van der Waals surface area contributed by atoms with E-state index in [9.17, 15) is 9.59 Å². The Morgan fingerprint density at radius 2 is 2.06 bits per heavy atom. The molecule has 0 fully saturated rings. The smallest absolute Gasteiger partial charge is 0.308 e. The summed E-state index contributed by atoms with van der Waals surface area (Å²) in [5, 5.41) is 0. The van der Waals surface area contributed by atoms with Crippen molar-refractivity contribution in [1.29, 1.82) is 0 Å². The normalized spacial score (nSPS) is 13.5. The number of esters is 1. The predicted molar refractivity (Wildman–Crippen MR) is 59.5 cm³/mol. The van der Waals surface area contributed by atoms with E-state index in [0.717, 1.165) is 17.7 Å². The maximum atomic E-state index is 11.4. The number of carbonyl (C=O) groups excluding carboxylic acids is 2. The van der Waals surface area contributed by atoms with Crippen LogP contribution in [0.2, 0.25) is 0 Å². The summed E-state index contributed by atoms with van der Waals surface area (Å²) in [4.78, 5) is 24.0. The molecule has 0 bridgehead atoms. The van der Waals surface area contributed by atoms with Gasteiger partial charge in [0.25, 0.3) is 0 Å². The number of fused-ring (bicyclic) bond motifs is 1. The minimum absolute atomic E-state index is 0.0127. The third kappa shape index (κ3) is 1.78. The van der Waals surface area contributed by atoms with Crippen molar-refractivity contribution in [2.75, 3.05) is 11.4 Å². The molecule has 1 aliphatic heterocycles. The number of amides is 1. The molecule has 4 nitrogen and oxygen atoms in total. The second-order valence-electron chi connectivity index (χ2n) is 3.77. The van der Waals surface area contributed by atoms with Gasteiger partial charge in [0.05, 0.1) is 5.69 Å². The Balaban J connectivity index is 2.39. The average Bonchev–Trinajstić information content (AvgIpc) is 2.61. The van der Waals surface area contributed by atoms with Gasteiger partial charge in [-0.15, -0.1) is 0 Å². The summed E-state index contributed by atoms with van der Waals surface area (Å²) in [6, 6.07) is 5.42. The van der Waals surface area contributed by atoms with Crippen LogP contribution >= 0.6 is 0 Å². The third-order valence-electron chi connectivity index (χ3n) is 2.62. The lowest BCUT2D eigenvalue weighted by atomic mass is 10.1. The number of ether oxygens (including phenoxy) is 1. The summed E-state index contributed by atoms with van der Waals surface area (Å²) in [6.45, 7) is 3.56. The molecule has 84 valence electrons. The molecular weight excluding hydrogens is 206 g/mol. The number of rotatable bonds is 1. The average molecular weight is 219 g/mol. The maximum absolute atomic E-state index is 11.4. The topological polar surface area (TPSA) is 46.6 Å². The Morgan fingerprint density at radius 3 is 2.69 bits per heavy atom. The van der Waals surface area contributed by atoms with Crippen LogP contribution in [0.5, 0.6) is 5.75 Å². The van der Waals surface area contributed by atoms with Gasteiger partial charge in [0, 0.05) is 26.0 Å². The molecule has 0 N–H and O–H groups in total. The van der Waals surface area contributed by atoms with Crippen molar-refractivity contribution in [3.8, 4) is 5.75 Å². The van der Waals surface area contributed by atoms with Crippen molar-refractivity contribution in [1.82, 2.24) is 0 Å². The molecular formula is C12H13NO3. The van der Waals surface area contributed by atoms with Crippen LogP contribution in [0, 0.1) is 0 Å². The molecule has 4 heteroatoms. The van der Waals surface area contributed by atoms with Gasteiger partial charge in [-0.2, -0.15) is 0 Å². The van der Waals surface area contributed by atoms with E-state index in [1.54, 1.807) is 17.0 Å². The first-order valence-electron chi connectivity index (χ1n) is 5.18. The van der Waals surface area contributed by atoms with Gasteiger partial charge in [-0.25, -0.2) is 0 Å². The highest BCUT2D eigenvalue weighted by atomic mass is 16.5. The van der Waals surface area contributed by atoms with Crippen LogP contribution in [0.15, 0.2) is 18.2 Å². The molecule has 0 atom stereocenters. The fraction of sp³-hybridized carbons (Fsp3) is 0.333. The fourth-order valence-electron chi connectivity index (χ4n) is 1.98. The van der Waals surface area contributed by atoms with Gasteiger partial charge in [-0.1, -0.05) is 6.07 Å². The van der Waals surface area contributed by atoms with Crippen LogP contribution in [0.1, 0.15) is 19.4 Å². The van der Waals surface area contributed by atoms with Crippen LogP contribution < -0.4 is 9.64 Å². The van der Waals surface area contributed by atoms with Crippen LogP contribution in [-0.4, -0.2) is 18.4 Å². The lowest BCUT2D eigenvalue weighted by molar-refractivity contribution is -0.131. The number of hydrogen-bond donors (Lipinski definition) is 0. The van der Waals surface area contributed by atoms with Gasteiger partial charge < -0.3 is 9.64 Å². The highest BCUT2D eigenvalue weighted by molar-refractivity contribution is 5.94. The Labute approximate surface area is 93.8 Å². The monoisotopic (exact) mass is 219 g/mol. The Morgan fingerprint density at radius 1 is 1.31 bits per heavy atom. The van der Waals surface area contributed by atoms with Crippen molar-refractivity contribution >= 4 is 17.6 Å². The molecule has 0 aromatic heterocycles. The molecule has 1 aliphatic rings. The van der Waals surface area contributed by atoms with E-state index in [4.69, 9.17) is 4.74 Å². The largest absolute Gasteiger partial charge is 0.426 e. The van der Waals surface area contributed by atoms with E-state index in [1.807, 2.05) is 6.07 Å². The molecule has 16 heavy (non-hydrogen) atoms. The zero-order valence-corrected chi connectivity index (χ0v) is 9.32. The molecule has 0 radical (unpaired) electrons. The summed E-state index contributed by atoms with van der Waals surface area (Å²) in [7, 11) is 0. The second-order valence-corrected chi connectivity index (χ2v) is 3.77. The molecule has 0 spiro atoms. The van der Waals surface area contributed by atoms with Crippen LogP contribution in [-0.2, 0) is 16.0 Å². The number of carbonyl (C=O) groups is 2. The van der Waals surface area contributed by atoms with Crippen molar-refractivity contribution in [2.45, 2.75) is 20.3 Å².